The van der Waals surface area contributed by atoms with Gasteiger partial charge in [0, 0.05) is 0 Å². The Morgan fingerprint density at radius 2 is 1.92 bits per heavy atom. The average Bonchev–Trinajstić information content (AvgIpc) is 2.04. The first kappa shape index (κ1) is 11.0. The van der Waals surface area contributed by atoms with Crippen LogP contribution in [0.2, 0.25) is 0 Å². The van der Waals surface area contributed by atoms with Crippen LogP contribution in [-0.4, -0.2) is 11.9 Å². The molecule has 1 aliphatic rings. The van der Waals surface area contributed by atoms with Gasteiger partial charge >= 0.3 is 0 Å². The van der Waals surface area contributed by atoms with Crippen LogP contribution in [0.1, 0.15) is 46.5 Å². The van der Waals surface area contributed by atoms with Gasteiger partial charge in [-0.1, -0.05) is 40.0 Å². The lowest BCUT2D eigenvalue weighted by molar-refractivity contribution is -0.266. The first-order valence-electron chi connectivity index (χ1n) is 5.34. The quantitative estimate of drug-likeness (QED) is 0.541. The van der Waals surface area contributed by atoms with Crippen LogP contribution >= 0.6 is 0 Å². The van der Waals surface area contributed by atoms with Crippen LogP contribution in [0.4, 0.5) is 0 Å². The average molecular weight is 186 g/mol. The van der Waals surface area contributed by atoms with Crippen LogP contribution < -0.4 is 0 Å². The predicted molar refractivity (Wildman–Crippen MR) is 53.5 cm³/mol. The molecule has 2 unspecified atom stereocenters. The molecule has 0 saturated heterocycles. The van der Waals surface area contributed by atoms with Crippen molar-refractivity contribution in [3.05, 3.63) is 0 Å². The van der Waals surface area contributed by atoms with Crippen molar-refractivity contribution in [2.45, 2.75) is 46.5 Å². The largest absolute Gasteiger partial charge is 0.252 e. The highest BCUT2D eigenvalue weighted by molar-refractivity contribution is 4.84. The molecule has 2 heteroatoms. The second-order valence-corrected chi connectivity index (χ2v) is 5.13. The topological polar surface area (TPSA) is 29.5 Å². The van der Waals surface area contributed by atoms with E-state index in [1.54, 1.807) is 0 Å². The summed E-state index contributed by atoms with van der Waals surface area (Å²) in [4.78, 5) is 4.31. The molecule has 1 saturated carbocycles. The van der Waals surface area contributed by atoms with Gasteiger partial charge in [0.15, 0.2) is 0 Å². The molecule has 0 heterocycles. The maximum absolute atomic E-state index is 8.52. The molecule has 2 nitrogen and oxygen atoms in total. The van der Waals surface area contributed by atoms with Crippen molar-refractivity contribution in [1.82, 2.24) is 0 Å². The second-order valence-electron chi connectivity index (χ2n) is 5.13. The van der Waals surface area contributed by atoms with Crippen molar-refractivity contribution >= 4 is 0 Å². The molecule has 78 valence electrons. The van der Waals surface area contributed by atoms with Gasteiger partial charge in [0.25, 0.3) is 0 Å². The van der Waals surface area contributed by atoms with Crippen LogP contribution in [0.25, 0.3) is 0 Å². The minimum absolute atomic E-state index is 0.120. The van der Waals surface area contributed by atoms with E-state index in [2.05, 4.69) is 25.7 Å². The van der Waals surface area contributed by atoms with Gasteiger partial charge in [0.05, 0.1) is 6.61 Å². The van der Waals surface area contributed by atoms with E-state index in [0.717, 1.165) is 5.92 Å². The Hall–Kier alpha value is -0.0800. The Morgan fingerprint density at radius 3 is 2.46 bits per heavy atom. The fourth-order valence-corrected chi connectivity index (χ4v) is 2.75. The summed E-state index contributed by atoms with van der Waals surface area (Å²) < 4.78 is 0. The van der Waals surface area contributed by atoms with Crippen molar-refractivity contribution < 1.29 is 10.1 Å². The Kier molecular flexibility index (Phi) is 3.74. The van der Waals surface area contributed by atoms with Gasteiger partial charge in [0.2, 0.25) is 0 Å². The van der Waals surface area contributed by atoms with Gasteiger partial charge < -0.3 is 0 Å². The van der Waals surface area contributed by atoms with E-state index in [-0.39, 0.29) is 5.41 Å². The molecule has 1 aliphatic carbocycles. The molecule has 0 spiro atoms. The SMILES string of the molecule is CC1CCCCC1C(C)(C)COO. The zero-order chi connectivity index (χ0) is 9.90. The van der Waals surface area contributed by atoms with Crippen LogP contribution in [0, 0.1) is 17.3 Å². The Bertz CT molecular complexity index is 154. The normalized spacial score (nSPS) is 30.5. The Morgan fingerprint density at radius 1 is 1.31 bits per heavy atom. The molecule has 13 heavy (non-hydrogen) atoms. The third-order valence-corrected chi connectivity index (χ3v) is 3.55. The minimum Gasteiger partial charge on any atom is -0.252 e. The Labute approximate surface area is 81.2 Å². The molecule has 0 aliphatic heterocycles. The monoisotopic (exact) mass is 186 g/mol. The van der Waals surface area contributed by atoms with Gasteiger partial charge in [0.1, 0.15) is 0 Å². The van der Waals surface area contributed by atoms with Crippen molar-refractivity contribution in [3.63, 3.8) is 0 Å². The van der Waals surface area contributed by atoms with Crippen LogP contribution in [0.15, 0.2) is 0 Å². The van der Waals surface area contributed by atoms with E-state index < -0.39 is 0 Å². The predicted octanol–water partition coefficient (Wildman–Crippen LogP) is 3.33. The van der Waals surface area contributed by atoms with Crippen molar-refractivity contribution in [1.29, 1.82) is 0 Å². The summed E-state index contributed by atoms with van der Waals surface area (Å²) in [6, 6.07) is 0. The summed E-state index contributed by atoms with van der Waals surface area (Å²) in [5.41, 5.74) is 0.120. The molecule has 1 fully saturated rings. The molecule has 1 N–H and O–H groups in total. The molecule has 0 aromatic heterocycles. The highest BCUT2D eigenvalue weighted by atomic mass is 17.1. The fraction of sp³-hybridized carbons (Fsp3) is 1.00. The van der Waals surface area contributed by atoms with Crippen LogP contribution in [-0.2, 0) is 4.89 Å². The van der Waals surface area contributed by atoms with Gasteiger partial charge in [-0.2, -0.15) is 0 Å². The van der Waals surface area contributed by atoms with Crippen molar-refractivity contribution in [3.8, 4) is 0 Å². The standard InChI is InChI=1S/C11H22O2/c1-9-6-4-5-7-10(9)11(2,3)8-13-12/h9-10,12H,4-8H2,1-3H3. The van der Waals surface area contributed by atoms with Gasteiger partial charge in [-0.25, -0.2) is 4.89 Å². The Balaban J connectivity index is 2.56. The first-order valence-corrected chi connectivity index (χ1v) is 5.34. The molecule has 2 atom stereocenters. The van der Waals surface area contributed by atoms with Crippen molar-refractivity contribution in [2.24, 2.45) is 17.3 Å². The molecule has 1 rings (SSSR count). The van der Waals surface area contributed by atoms with E-state index in [1.807, 2.05) is 0 Å². The third kappa shape index (κ3) is 2.68. The zero-order valence-corrected chi connectivity index (χ0v) is 9.05. The second kappa shape index (κ2) is 4.43. The van der Waals surface area contributed by atoms with E-state index in [1.165, 1.54) is 25.7 Å². The summed E-state index contributed by atoms with van der Waals surface area (Å²) in [6.45, 7) is 7.16. The molecule has 0 aromatic rings. The van der Waals surface area contributed by atoms with Gasteiger partial charge in [-0.05, 0) is 23.7 Å². The number of rotatable bonds is 3. The summed E-state index contributed by atoms with van der Waals surface area (Å²) in [5, 5.41) is 8.52. The highest BCUT2D eigenvalue weighted by Gasteiger charge is 2.35. The lowest BCUT2D eigenvalue weighted by Gasteiger charge is -2.40. The summed E-state index contributed by atoms with van der Waals surface area (Å²) in [7, 11) is 0. The third-order valence-electron chi connectivity index (χ3n) is 3.55. The fourth-order valence-electron chi connectivity index (χ4n) is 2.75. The minimum atomic E-state index is 0.120. The lowest BCUT2D eigenvalue weighted by atomic mass is 9.66. The molecule has 0 radical (unpaired) electrons. The highest BCUT2D eigenvalue weighted by Crippen LogP contribution is 2.41. The summed E-state index contributed by atoms with van der Waals surface area (Å²) in [6.07, 6.45) is 5.33. The first-order chi connectivity index (χ1) is 6.08. The maximum Gasteiger partial charge on any atom is 0.0873 e. The van der Waals surface area contributed by atoms with Crippen LogP contribution in [0.3, 0.4) is 0 Å². The number of hydrogen-bond acceptors (Lipinski definition) is 2. The van der Waals surface area contributed by atoms with Gasteiger partial charge in [-0.3, -0.25) is 5.26 Å². The molecule has 0 aromatic carbocycles. The summed E-state index contributed by atoms with van der Waals surface area (Å²) >= 11 is 0. The molecule has 0 bridgehead atoms. The maximum atomic E-state index is 8.52. The number of hydrogen-bond donors (Lipinski definition) is 1. The summed E-state index contributed by atoms with van der Waals surface area (Å²) in [5.74, 6) is 1.48. The van der Waals surface area contributed by atoms with E-state index >= 15 is 0 Å². The molecule has 0 amide bonds. The van der Waals surface area contributed by atoms with E-state index in [0.29, 0.717) is 12.5 Å². The zero-order valence-electron chi connectivity index (χ0n) is 9.05. The van der Waals surface area contributed by atoms with E-state index in [4.69, 9.17) is 5.26 Å². The smallest absolute Gasteiger partial charge is 0.0873 e. The lowest BCUT2D eigenvalue weighted by Crippen LogP contribution is -2.35. The van der Waals surface area contributed by atoms with E-state index in [9.17, 15) is 0 Å². The molecular formula is C11H22O2. The molecular weight excluding hydrogens is 164 g/mol. The van der Waals surface area contributed by atoms with Gasteiger partial charge in [-0.15, -0.1) is 0 Å². The van der Waals surface area contributed by atoms with Crippen LogP contribution in [0.5, 0.6) is 0 Å². The van der Waals surface area contributed by atoms with Crippen molar-refractivity contribution in [2.75, 3.05) is 6.61 Å².